The molecule has 4 rings (SSSR count). The Morgan fingerprint density at radius 1 is 1.00 bits per heavy atom. The van der Waals surface area contributed by atoms with Gasteiger partial charge in [0.25, 0.3) is 0 Å². The molecule has 0 saturated heterocycles. The lowest BCUT2D eigenvalue weighted by molar-refractivity contribution is -0.0446. The van der Waals surface area contributed by atoms with E-state index in [0.717, 1.165) is 24.7 Å². The van der Waals surface area contributed by atoms with Crippen LogP contribution in [0.4, 0.5) is 4.39 Å². The molecule has 4 aliphatic rings. The molecule has 4 saturated carbocycles. The van der Waals surface area contributed by atoms with E-state index in [4.69, 9.17) is 0 Å². The van der Waals surface area contributed by atoms with Crippen molar-refractivity contribution in [2.24, 2.45) is 23.7 Å². The van der Waals surface area contributed by atoms with Gasteiger partial charge in [0.05, 0.1) is 0 Å². The highest BCUT2D eigenvalue weighted by Crippen LogP contribution is 2.56. The Bertz CT molecular complexity index is 188. The second-order valence-corrected chi connectivity index (χ2v) is 5.94. The van der Waals surface area contributed by atoms with E-state index < -0.39 is 6.17 Å². The monoisotopic (exact) mass is 232 g/mol. The molecule has 4 unspecified atom stereocenters. The Morgan fingerprint density at radius 3 is 2.58 bits per heavy atom. The SMILES string of the molecule is F[C@@H]1C2CC3CC(C2)[C@H](Br)C1C3. The lowest BCUT2D eigenvalue weighted by Crippen LogP contribution is -2.52. The van der Waals surface area contributed by atoms with E-state index in [1.54, 1.807) is 0 Å². The summed E-state index contributed by atoms with van der Waals surface area (Å²) in [5.74, 6) is 2.47. The molecule has 0 spiro atoms. The fraction of sp³-hybridized carbons (Fsp3) is 1.00. The Morgan fingerprint density at radius 2 is 1.75 bits per heavy atom. The molecule has 4 aliphatic carbocycles. The molecule has 0 aromatic carbocycles. The van der Waals surface area contributed by atoms with Gasteiger partial charge in [-0.15, -0.1) is 0 Å². The van der Waals surface area contributed by atoms with Crippen LogP contribution in [0.5, 0.6) is 0 Å². The van der Waals surface area contributed by atoms with E-state index >= 15 is 0 Å². The molecule has 68 valence electrons. The zero-order chi connectivity index (χ0) is 8.29. The summed E-state index contributed by atoms with van der Waals surface area (Å²) in [7, 11) is 0. The van der Waals surface area contributed by atoms with Gasteiger partial charge >= 0.3 is 0 Å². The third kappa shape index (κ3) is 0.878. The van der Waals surface area contributed by atoms with E-state index in [1.807, 2.05) is 0 Å². The van der Waals surface area contributed by atoms with Crippen molar-refractivity contribution in [1.82, 2.24) is 0 Å². The van der Waals surface area contributed by atoms with Crippen LogP contribution in [0.15, 0.2) is 0 Å². The summed E-state index contributed by atoms with van der Waals surface area (Å²) >= 11 is 3.68. The quantitative estimate of drug-likeness (QED) is 0.564. The van der Waals surface area contributed by atoms with Crippen LogP contribution >= 0.6 is 15.9 Å². The van der Waals surface area contributed by atoms with Crippen LogP contribution in [-0.4, -0.2) is 11.0 Å². The topological polar surface area (TPSA) is 0 Å². The molecule has 0 heterocycles. The van der Waals surface area contributed by atoms with Crippen LogP contribution in [0.1, 0.15) is 25.7 Å². The number of hydrogen-bond donors (Lipinski definition) is 0. The van der Waals surface area contributed by atoms with Gasteiger partial charge in [-0.25, -0.2) is 4.39 Å². The first kappa shape index (κ1) is 7.78. The minimum atomic E-state index is -0.484. The molecule has 0 radical (unpaired) electrons. The first-order valence-corrected chi connectivity index (χ1v) is 5.95. The van der Waals surface area contributed by atoms with Crippen molar-refractivity contribution < 1.29 is 4.39 Å². The van der Waals surface area contributed by atoms with E-state index in [1.165, 1.54) is 12.8 Å². The fourth-order valence-corrected chi connectivity index (χ4v) is 4.71. The molecule has 0 N–H and O–H groups in total. The number of hydrogen-bond acceptors (Lipinski definition) is 0. The number of rotatable bonds is 0. The summed E-state index contributed by atoms with van der Waals surface area (Å²) in [5.41, 5.74) is 0. The minimum Gasteiger partial charge on any atom is -0.247 e. The molecule has 2 heteroatoms. The largest absolute Gasteiger partial charge is 0.247 e. The van der Waals surface area contributed by atoms with Gasteiger partial charge in [-0.3, -0.25) is 0 Å². The second kappa shape index (κ2) is 2.46. The summed E-state index contributed by atoms with van der Waals surface area (Å²) in [6.07, 6.45) is 4.39. The average molecular weight is 233 g/mol. The zero-order valence-electron chi connectivity index (χ0n) is 7.05. The first-order chi connectivity index (χ1) is 5.75. The van der Waals surface area contributed by atoms with Gasteiger partial charge in [-0.2, -0.15) is 0 Å². The van der Waals surface area contributed by atoms with Gasteiger partial charge in [-0.05, 0) is 43.4 Å². The van der Waals surface area contributed by atoms with Crippen LogP contribution in [0, 0.1) is 23.7 Å². The fourth-order valence-electron chi connectivity index (χ4n) is 3.77. The minimum absolute atomic E-state index is 0.362. The van der Waals surface area contributed by atoms with Gasteiger partial charge in [-0.1, -0.05) is 15.9 Å². The van der Waals surface area contributed by atoms with Crippen molar-refractivity contribution in [2.75, 3.05) is 0 Å². The molecule has 6 atom stereocenters. The molecule has 0 aliphatic heterocycles. The van der Waals surface area contributed by atoms with Gasteiger partial charge in [0.1, 0.15) is 6.17 Å². The highest BCUT2D eigenvalue weighted by atomic mass is 79.9. The smallest absolute Gasteiger partial charge is 0.107 e. The van der Waals surface area contributed by atoms with Crippen LogP contribution in [0.25, 0.3) is 0 Å². The summed E-state index contributed by atoms with van der Waals surface area (Å²) in [4.78, 5) is 0.500. The normalized spacial score (nSPS) is 62.5. The maximum absolute atomic E-state index is 13.7. The zero-order valence-corrected chi connectivity index (χ0v) is 8.63. The van der Waals surface area contributed by atoms with Crippen LogP contribution in [-0.2, 0) is 0 Å². The van der Waals surface area contributed by atoms with Crippen molar-refractivity contribution in [2.45, 2.75) is 36.7 Å². The first-order valence-electron chi connectivity index (χ1n) is 5.04. The van der Waals surface area contributed by atoms with Gasteiger partial charge < -0.3 is 0 Å². The van der Waals surface area contributed by atoms with Gasteiger partial charge in [0, 0.05) is 10.7 Å². The van der Waals surface area contributed by atoms with Crippen LogP contribution in [0.2, 0.25) is 0 Å². The molecule has 12 heavy (non-hydrogen) atoms. The molecule has 0 aromatic heterocycles. The predicted octanol–water partition coefficient (Wildman–Crippen LogP) is 3.15. The Hall–Kier alpha value is 0.410. The van der Waals surface area contributed by atoms with Crippen molar-refractivity contribution in [3.05, 3.63) is 0 Å². The standard InChI is InChI=1S/C10H14BrF/c11-9-6-1-5-2-7(4-6)10(12)8(9)3-5/h5-10H,1-4H2/t5?,6?,7?,8?,9-,10+/m0/s1. The molecular formula is C10H14BrF. The maximum atomic E-state index is 13.7. The van der Waals surface area contributed by atoms with Crippen molar-refractivity contribution in [3.63, 3.8) is 0 Å². The summed E-state index contributed by atoms with van der Waals surface area (Å²) < 4.78 is 13.7. The lowest BCUT2D eigenvalue weighted by Gasteiger charge is -2.54. The van der Waals surface area contributed by atoms with E-state index in [-0.39, 0.29) is 0 Å². The van der Waals surface area contributed by atoms with Crippen molar-refractivity contribution in [1.29, 1.82) is 0 Å². The highest BCUT2D eigenvalue weighted by molar-refractivity contribution is 9.09. The van der Waals surface area contributed by atoms with E-state index in [0.29, 0.717) is 16.7 Å². The molecule has 0 aromatic rings. The van der Waals surface area contributed by atoms with Crippen molar-refractivity contribution >= 4 is 15.9 Å². The highest BCUT2D eigenvalue weighted by Gasteiger charge is 2.52. The number of alkyl halides is 2. The lowest BCUT2D eigenvalue weighted by atomic mass is 9.55. The summed E-state index contributed by atoms with van der Waals surface area (Å²) in [5, 5.41) is 0. The molecule has 4 bridgehead atoms. The third-order valence-corrected chi connectivity index (χ3v) is 5.63. The Kier molecular flexibility index (Phi) is 1.60. The predicted molar refractivity (Wildman–Crippen MR) is 50.0 cm³/mol. The average Bonchev–Trinajstić information content (AvgIpc) is 2.07. The Labute approximate surface area is 81.0 Å². The molecular weight excluding hydrogens is 219 g/mol. The molecule has 4 fully saturated rings. The summed E-state index contributed by atoms with van der Waals surface area (Å²) in [6, 6.07) is 0. The second-order valence-electron chi connectivity index (χ2n) is 4.88. The van der Waals surface area contributed by atoms with E-state index in [9.17, 15) is 4.39 Å². The van der Waals surface area contributed by atoms with Crippen LogP contribution < -0.4 is 0 Å². The summed E-state index contributed by atoms with van der Waals surface area (Å²) in [6.45, 7) is 0. The van der Waals surface area contributed by atoms with Gasteiger partial charge in [0.2, 0.25) is 0 Å². The molecule has 0 amide bonds. The van der Waals surface area contributed by atoms with Crippen molar-refractivity contribution in [3.8, 4) is 0 Å². The maximum Gasteiger partial charge on any atom is 0.107 e. The van der Waals surface area contributed by atoms with Crippen LogP contribution in [0.3, 0.4) is 0 Å². The number of halogens is 2. The van der Waals surface area contributed by atoms with Gasteiger partial charge in [0.15, 0.2) is 0 Å². The van der Waals surface area contributed by atoms with E-state index in [2.05, 4.69) is 15.9 Å². The third-order valence-electron chi connectivity index (χ3n) is 4.20. The Balaban J connectivity index is 1.93. The molecule has 0 nitrogen and oxygen atoms in total.